The van der Waals surface area contributed by atoms with Gasteiger partial charge < -0.3 is 14.9 Å². The molecule has 0 spiro atoms. The Morgan fingerprint density at radius 3 is 2.67 bits per heavy atom. The minimum atomic E-state index is -0.203. The van der Waals surface area contributed by atoms with Crippen LogP contribution in [0.2, 0.25) is 0 Å². The largest absolute Gasteiger partial charge is 0.508 e. The number of hydrogen-bond donors (Lipinski definition) is 2. The maximum atomic E-state index is 10.2. The molecule has 1 fully saturated rings. The van der Waals surface area contributed by atoms with Crippen molar-refractivity contribution < 1.29 is 14.9 Å². The average Bonchev–Trinajstić information content (AvgIpc) is 2.46. The normalized spacial score (nSPS) is 39.0. The van der Waals surface area contributed by atoms with Gasteiger partial charge in [-0.1, -0.05) is 43.7 Å². The lowest BCUT2D eigenvalue weighted by Crippen LogP contribution is -2.53. The molecular weight excluding hydrogens is 264 g/mol. The quantitative estimate of drug-likeness (QED) is 0.821. The molecule has 1 heterocycles. The zero-order valence-corrected chi connectivity index (χ0v) is 12.9. The van der Waals surface area contributed by atoms with Crippen LogP contribution in [0.1, 0.15) is 32.4 Å². The molecule has 114 valence electrons. The molecule has 1 saturated heterocycles. The van der Waals surface area contributed by atoms with Crippen LogP contribution in [0, 0.1) is 23.2 Å². The number of aliphatic hydroxyl groups excluding tert-OH is 1. The van der Waals surface area contributed by atoms with Crippen LogP contribution >= 0.6 is 0 Å². The molecule has 2 aliphatic rings. The molecule has 5 atom stereocenters. The van der Waals surface area contributed by atoms with E-state index in [1.807, 2.05) is 18.2 Å². The molecule has 0 radical (unpaired) electrons. The van der Waals surface area contributed by atoms with E-state index in [0.29, 0.717) is 18.4 Å². The van der Waals surface area contributed by atoms with Crippen molar-refractivity contribution in [3.63, 3.8) is 0 Å². The maximum Gasteiger partial charge on any atom is 0.121 e. The van der Waals surface area contributed by atoms with Crippen molar-refractivity contribution in [2.75, 3.05) is 13.2 Å². The summed E-state index contributed by atoms with van der Waals surface area (Å²) in [6.45, 7) is 7.19. The summed E-state index contributed by atoms with van der Waals surface area (Å²) in [7, 11) is 0. The highest BCUT2D eigenvalue weighted by Gasteiger charge is 2.53. The molecule has 0 aromatic heterocycles. The zero-order valence-electron chi connectivity index (χ0n) is 12.9. The summed E-state index contributed by atoms with van der Waals surface area (Å²) < 4.78 is 6.16. The van der Waals surface area contributed by atoms with Gasteiger partial charge in [-0.2, -0.15) is 0 Å². The molecule has 3 heteroatoms. The summed E-state index contributed by atoms with van der Waals surface area (Å²) in [6, 6.07) is 7.40. The van der Waals surface area contributed by atoms with E-state index in [1.54, 1.807) is 6.07 Å². The second kappa shape index (κ2) is 5.15. The van der Waals surface area contributed by atoms with Gasteiger partial charge in [0, 0.05) is 16.9 Å². The number of ether oxygens (including phenoxy) is 1. The van der Waals surface area contributed by atoms with E-state index in [-0.39, 0.29) is 29.8 Å². The third-order valence-electron chi connectivity index (χ3n) is 5.79. The fourth-order valence-electron chi connectivity index (χ4n) is 4.30. The second-order valence-corrected chi connectivity index (χ2v) is 6.70. The van der Waals surface area contributed by atoms with Crippen molar-refractivity contribution in [1.29, 1.82) is 0 Å². The molecular formula is C18H24O3. The van der Waals surface area contributed by atoms with Gasteiger partial charge in [0.2, 0.25) is 0 Å². The Balaban J connectivity index is 2.06. The molecule has 2 bridgehead atoms. The number of benzene rings is 1. The number of aliphatic hydroxyl groups is 1. The van der Waals surface area contributed by atoms with Crippen LogP contribution in [-0.2, 0) is 4.74 Å². The Bertz CT molecular complexity index is 565. The predicted octanol–water partition coefficient (Wildman–Crippen LogP) is 3.29. The first-order valence-electron chi connectivity index (χ1n) is 7.70. The number of hydrogen-bond acceptors (Lipinski definition) is 3. The van der Waals surface area contributed by atoms with Gasteiger partial charge in [-0.25, -0.2) is 0 Å². The van der Waals surface area contributed by atoms with Crippen LogP contribution in [0.5, 0.6) is 5.75 Å². The van der Waals surface area contributed by atoms with E-state index in [4.69, 9.17) is 4.74 Å². The first-order valence-corrected chi connectivity index (χ1v) is 7.70. The third-order valence-corrected chi connectivity index (χ3v) is 5.79. The Labute approximate surface area is 126 Å². The zero-order chi connectivity index (χ0) is 15.2. The van der Waals surface area contributed by atoms with Crippen LogP contribution in [0.4, 0.5) is 0 Å². The fourth-order valence-corrected chi connectivity index (χ4v) is 4.30. The number of rotatable bonds is 2. The summed E-state index contributed by atoms with van der Waals surface area (Å²) in [5, 5.41) is 20.1. The number of para-hydroxylation sites is 1. The highest BCUT2D eigenvalue weighted by molar-refractivity contribution is 5.37. The van der Waals surface area contributed by atoms with Gasteiger partial charge in [0.1, 0.15) is 5.75 Å². The molecule has 2 N–H and O–H groups in total. The van der Waals surface area contributed by atoms with E-state index >= 15 is 0 Å². The number of aromatic hydroxyl groups is 1. The lowest BCUT2D eigenvalue weighted by atomic mass is 9.56. The fraction of sp³-hybridized carbons (Fsp3) is 0.556. The smallest absolute Gasteiger partial charge is 0.121 e. The van der Waals surface area contributed by atoms with Crippen molar-refractivity contribution in [1.82, 2.24) is 0 Å². The van der Waals surface area contributed by atoms with Gasteiger partial charge in [0.05, 0.1) is 19.3 Å². The summed E-state index contributed by atoms with van der Waals surface area (Å²) in [6.07, 6.45) is 2.14. The van der Waals surface area contributed by atoms with Crippen LogP contribution in [0.15, 0.2) is 35.9 Å². The van der Waals surface area contributed by atoms with Crippen LogP contribution < -0.4 is 0 Å². The van der Waals surface area contributed by atoms with Crippen molar-refractivity contribution in [3.05, 3.63) is 41.5 Å². The molecule has 0 amide bonds. The standard InChI is InChI=1S/C18H24O3/c1-11-8-12(2)18(9-19)10-21-17(16(11)13(18)3)14-6-4-5-7-15(14)20/h4-8,12-13,16-17,19-20H,9-10H2,1-3H3/t12-,13+,16+,17-,18+/m0/s1. The SMILES string of the molecule is CC1=C[C@H](C)[C@@]2(CO)CO[C@@H](c3ccccc3O)[C@H]1[C@H]2C. The van der Waals surface area contributed by atoms with Crippen molar-refractivity contribution in [2.45, 2.75) is 26.9 Å². The van der Waals surface area contributed by atoms with Crippen LogP contribution in [-0.4, -0.2) is 23.4 Å². The van der Waals surface area contributed by atoms with E-state index < -0.39 is 0 Å². The lowest BCUT2D eigenvalue weighted by Gasteiger charge is -2.55. The van der Waals surface area contributed by atoms with E-state index in [2.05, 4.69) is 26.8 Å². The monoisotopic (exact) mass is 288 g/mol. The Hall–Kier alpha value is -1.32. The summed E-state index contributed by atoms with van der Waals surface area (Å²) in [5.74, 6) is 1.12. The second-order valence-electron chi connectivity index (χ2n) is 6.70. The number of phenolic OH excluding ortho intramolecular Hbond substituents is 1. The van der Waals surface area contributed by atoms with Crippen LogP contribution in [0.25, 0.3) is 0 Å². The minimum Gasteiger partial charge on any atom is -0.508 e. The maximum absolute atomic E-state index is 10.2. The molecule has 21 heavy (non-hydrogen) atoms. The molecule has 1 aromatic rings. The third kappa shape index (κ3) is 2.02. The summed E-state index contributed by atoms with van der Waals surface area (Å²) in [5.41, 5.74) is 1.95. The number of allylic oxidation sites excluding steroid dienone is 1. The van der Waals surface area contributed by atoms with Gasteiger partial charge in [-0.15, -0.1) is 0 Å². The van der Waals surface area contributed by atoms with E-state index in [0.717, 1.165) is 5.56 Å². The minimum absolute atomic E-state index is 0.135. The van der Waals surface area contributed by atoms with Crippen molar-refractivity contribution in [3.8, 4) is 5.75 Å². The van der Waals surface area contributed by atoms with Gasteiger partial charge in [0.25, 0.3) is 0 Å². The Morgan fingerprint density at radius 1 is 1.29 bits per heavy atom. The summed E-state index contributed by atoms with van der Waals surface area (Å²) >= 11 is 0. The van der Waals surface area contributed by atoms with Gasteiger partial charge >= 0.3 is 0 Å². The van der Waals surface area contributed by atoms with Crippen molar-refractivity contribution in [2.24, 2.45) is 23.2 Å². The highest BCUT2D eigenvalue weighted by atomic mass is 16.5. The molecule has 1 aliphatic heterocycles. The number of fused-ring (bicyclic) bond motifs is 2. The Kier molecular flexibility index (Phi) is 3.58. The molecule has 3 nitrogen and oxygen atoms in total. The Morgan fingerprint density at radius 2 is 2.00 bits per heavy atom. The molecule has 1 aromatic carbocycles. The molecule has 0 saturated carbocycles. The molecule has 1 aliphatic carbocycles. The van der Waals surface area contributed by atoms with Gasteiger partial charge in [0.15, 0.2) is 0 Å². The predicted molar refractivity (Wildman–Crippen MR) is 81.9 cm³/mol. The first kappa shape index (κ1) is 14.6. The molecule has 0 unspecified atom stereocenters. The lowest BCUT2D eigenvalue weighted by molar-refractivity contribution is -0.165. The van der Waals surface area contributed by atoms with E-state index in [9.17, 15) is 10.2 Å². The molecule has 3 rings (SSSR count). The van der Waals surface area contributed by atoms with Gasteiger partial charge in [-0.3, -0.25) is 0 Å². The van der Waals surface area contributed by atoms with E-state index in [1.165, 1.54) is 5.57 Å². The first-order chi connectivity index (χ1) is 10.0. The summed E-state index contributed by atoms with van der Waals surface area (Å²) in [4.78, 5) is 0. The van der Waals surface area contributed by atoms with Gasteiger partial charge in [-0.05, 0) is 24.8 Å². The van der Waals surface area contributed by atoms with Crippen molar-refractivity contribution >= 4 is 0 Å². The number of phenols is 1. The van der Waals surface area contributed by atoms with Crippen LogP contribution in [0.3, 0.4) is 0 Å². The average molecular weight is 288 g/mol. The topological polar surface area (TPSA) is 49.7 Å². The highest BCUT2D eigenvalue weighted by Crippen LogP contribution is 2.56.